The summed E-state index contributed by atoms with van der Waals surface area (Å²) < 4.78 is 19.1. The van der Waals surface area contributed by atoms with Crippen molar-refractivity contribution in [3.8, 4) is 5.75 Å². The number of aromatic nitrogens is 1. The third kappa shape index (κ3) is 2.93. The van der Waals surface area contributed by atoms with Gasteiger partial charge in [0.2, 0.25) is 0 Å². The first-order valence-corrected chi connectivity index (χ1v) is 6.86. The summed E-state index contributed by atoms with van der Waals surface area (Å²) in [7, 11) is 0. The molecular weight excluding hydrogens is 329 g/mol. The number of rotatable bonds is 3. The van der Waals surface area contributed by atoms with Crippen LogP contribution < -0.4 is 9.64 Å². The van der Waals surface area contributed by atoms with Crippen LogP contribution in [0.5, 0.6) is 5.75 Å². The standard InChI is InChI=1S/C14H9ClFN3O4/c15-9-2-1-8(10(16)5-9)6-18-13(20)7-23-11-3-4-12(19(21)22)17-14(11)18/h1-5H,6-7H2. The zero-order chi connectivity index (χ0) is 16.6. The van der Waals surface area contributed by atoms with Crippen LogP contribution in [-0.2, 0) is 11.3 Å². The molecule has 0 spiro atoms. The van der Waals surface area contributed by atoms with E-state index in [0.717, 1.165) is 11.0 Å². The van der Waals surface area contributed by atoms with Crippen molar-refractivity contribution in [1.29, 1.82) is 0 Å². The van der Waals surface area contributed by atoms with E-state index in [-0.39, 0.29) is 35.3 Å². The topological polar surface area (TPSA) is 85.6 Å². The van der Waals surface area contributed by atoms with Crippen LogP contribution in [0.4, 0.5) is 16.0 Å². The number of nitrogens with zero attached hydrogens (tertiary/aromatic N) is 3. The SMILES string of the molecule is O=C1COc2ccc([N+](=O)[O-])nc2N1Cc1ccc(Cl)cc1F. The third-order valence-corrected chi connectivity index (χ3v) is 3.50. The van der Waals surface area contributed by atoms with Gasteiger partial charge in [0.25, 0.3) is 11.7 Å². The molecule has 9 heteroatoms. The fourth-order valence-corrected chi connectivity index (χ4v) is 2.31. The van der Waals surface area contributed by atoms with E-state index in [0.29, 0.717) is 0 Å². The van der Waals surface area contributed by atoms with Crippen LogP contribution in [-0.4, -0.2) is 22.4 Å². The van der Waals surface area contributed by atoms with Crippen LogP contribution >= 0.6 is 11.6 Å². The molecule has 0 saturated heterocycles. The Kier molecular flexibility index (Phi) is 3.83. The van der Waals surface area contributed by atoms with Gasteiger partial charge in [-0.1, -0.05) is 17.7 Å². The second-order valence-corrected chi connectivity index (χ2v) is 5.19. The summed E-state index contributed by atoms with van der Waals surface area (Å²) >= 11 is 5.70. The molecule has 118 valence electrons. The molecule has 23 heavy (non-hydrogen) atoms. The first-order chi connectivity index (χ1) is 11.0. The van der Waals surface area contributed by atoms with Gasteiger partial charge in [-0.3, -0.25) is 9.69 Å². The lowest BCUT2D eigenvalue weighted by atomic mass is 10.2. The lowest BCUT2D eigenvalue weighted by Gasteiger charge is -2.25. The van der Waals surface area contributed by atoms with Gasteiger partial charge in [0, 0.05) is 16.7 Å². The number of carbonyl (C=O) groups is 1. The lowest BCUT2D eigenvalue weighted by molar-refractivity contribution is -0.389. The highest BCUT2D eigenvalue weighted by molar-refractivity contribution is 6.30. The fourth-order valence-electron chi connectivity index (χ4n) is 2.15. The zero-order valence-corrected chi connectivity index (χ0v) is 12.3. The number of nitro groups is 1. The van der Waals surface area contributed by atoms with Gasteiger partial charge < -0.3 is 14.9 Å². The molecule has 1 amide bonds. The van der Waals surface area contributed by atoms with E-state index >= 15 is 0 Å². The Morgan fingerprint density at radius 1 is 1.39 bits per heavy atom. The Labute approximate surface area is 134 Å². The van der Waals surface area contributed by atoms with Crippen molar-refractivity contribution in [2.24, 2.45) is 0 Å². The highest BCUT2D eigenvalue weighted by Crippen LogP contribution is 2.33. The molecule has 0 unspecified atom stereocenters. The van der Waals surface area contributed by atoms with E-state index in [4.69, 9.17) is 16.3 Å². The number of amides is 1. The van der Waals surface area contributed by atoms with Crippen molar-refractivity contribution in [3.63, 3.8) is 0 Å². The predicted molar refractivity (Wildman–Crippen MR) is 79.0 cm³/mol. The predicted octanol–water partition coefficient (Wildman–Crippen LogP) is 2.71. The van der Waals surface area contributed by atoms with Gasteiger partial charge in [-0.05, 0) is 28.1 Å². The van der Waals surface area contributed by atoms with Gasteiger partial charge in [0.15, 0.2) is 12.4 Å². The van der Waals surface area contributed by atoms with Crippen LogP contribution in [0.2, 0.25) is 5.02 Å². The minimum Gasteiger partial charge on any atom is -0.477 e. The molecule has 0 saturated carbocycles. The van der Waals surface area contributed by atoms with Crippen molar-refractivity contribution >= 4 is 29.1 Å². The highest BCUT2D eigenvalue weighted by atomic mass is 35.5. The van der Waals surface area contributed by atoms with Crippen molar-refractivity contribution in [2.45, 2.75) is 6.54 Å². The lowest BCUT2D eigenvalue weighted by Crippen LogP contribution is -2.39. The first-order valence-electron chi connectivity index (χ1n) is 6.48. The quantitative estimate of drug-likeness (QED) is 0.635. The molecule has 1 aromatic heterocycles. The molecule has 0 fully saturated rings. The number of halogens is 2. The molecule has 1 aliphatic rings. The number of fused-ring (bicyclic) bond motifs is 1. The molecule has 0 atom stereocenters. The molecule has 0 radical (unpaired) electrons. The van der Waals surface area contributed by atoms with Crippen LogP contribution in [0, 0.1) is 15.9 Å². The maximum absolute atomic E-state index is 13.9. The zero-order valence-electron chi connectivity index (χ0n) is 11.5. The van der Waals surface area contributed by atoms with E-state index in [1.165, 1.54) is 24.3 Å². The number of hydrogen-bond acceptors (Lipinski definition) is 5. The van der Waals surface area contributed by atoms with E-state index in [1.54, 1.807) is 0 Å². The maximum Gasteiger partial charge on any atom is 0.366 e. The summed E-state index contributed by atoms with van der Waals surface area (Å²) in [5.41, 5.74) is 0.212. The Bertz CT molecular complexity index is 815. The van der Waals surface area contributed by atoms with Crippen LogP contribution in [0.15, 0.2) is 30.3 Å². The average Bonchev–Trinajstić information content (AvgIpc) is 2.51. The number of hydrogen-bond donors (Lipinski definition) is 0. The normalized spacial score (nSPS) is 13.5. The summed E-state index contributed by atoms with van der Waals surface area (Å²) in [6.07, 6.45) is 0. The minimum absolute atomic E-state index is 0.00944. The molecule has 1 aromatic carbocycles. The van der Waals surface area contributed by atoms with Crippen LogP contribution in [0.25, 0.3) is 0 Å². The molecular formula is C14H9ClFN3O4. The second-order valence-electron chi connectivity index (χ2n) is 4.75. The molecule has 2 aromatic rings. The Morgan fingerprint density at radius 3 is 2.87 bits per heavy atom. The minimum atomic E-state index is -0.680. The van der Waals surface area contributed by atoms with Gasteiger partial charge in [-0.2, -0.15) is 0 Å². The van der Waals surface area contributed by atoms with E-state index < -0.39 is 22.5 Å². The largest absolute Gasteiger partial charge is 0.477 e. The van der Waals surface area contributed by atoms with Gasteiger partial charge in [-0.15, -0.1) is 0 Å². The fraction of sp³-hybridized carbons (Fsp3) is 0.143. The number of carbonyl (C=O) groups excluding carboxylic acids is 1. The molecule has 0 bridgehead atoms. The number of ether oxygens (including phenoxy) is 1. The monoisotopic (exact) mass is 337 g/mol. The van der Waals surface area contributed by atoms with Gasteiger partial charge in [0.05, 0.1) is 6.54 Å². The van der Waals surface area contributed by atoms with Gasteiger partial charge in [0.1, 0.15) is 5.82 Å². The summed E-state index contributed by atoms with van der Waals surface area (Å²) in [5, 5.41) is 11.1. The van der Waals surface area contributed by atoms with Gasteiger partial charge in [-0.25, -0.2) is 4.39 Å². The molecule has 2 heterocycles. The maximum atomic E-state index is 13.9. The highest BCUT2D eigenvalue weighted by Gasteiger charge is 2.32. The summed E-state index contributed by atoms with van der Waals surface area (Å²) in [4.78, 5) is 27.2. The molecule has 7 nitrogen and oxygen atoms in total. The first kappa shape index (κ1) is 15.2. The van der Waals surface area contributed by atoms with E-state index in [2.05, 4.69) is 4.98 Å². The number of pyridine rings is 1. The average molecular weight is 338 g/mol. The Balaban J connectivity index is 2.00. The molecule has 0 aliphatic carbocycles. The smallest absolute Gasteiger partial charge is 0.366 e. The van der Waals surface area contributed by atoms with Gasteiger partial charge >= 0.3 is 5.82 Å². The molecule has 3 rings (SSSR count). The van der Waals surface area contributed by atoms with Crippen molar-refractivity contribution in [3.05, 3.63) is 56.8 Å². The molecule has 1 aliphatic heterocycles. The summed E-state index contributed by atoms with van der Waals surface area (Å²) in [5.74, 6) is -1.26. The van der Waals surface area contributed by atoms with Crippen LogP contribution in [0.1, 0.15) is 5.56 Å². The van der Waals surface area contributed by atoms with Crippen molar-refractivity contribution in [2.75, 3.05) is 11.5 Å². The van der Waals surface area contributed by atoms with Crippen molar-refractivity contribution < 1.29 is 18.8 Å². The third-order valence-electron chi connectivity index (χ3n) is 3.26. The summed E-state index contributed by atoms with van der Waals surface area (Å²) in [6, 6.07) is 6.60. The van der Waals surface area contributed by atoms with E-state index in [9.17, 15) is 19.3 Å². The number of benzene rings is 1. The Morgan fingerprint density at radius 2 is 2.17 bits per heavy atom. The van der Waals surface area contributed by atoms with Crippen LogP contribution in [0.3, 0.4) is 0 Å². The summed E-state index contributed by atoms with van der Waals surface area (Å²) in [6.45, 7) is -0.381. The van der Waals surface area contributed by atoms with E-state index in [1.807, 2.05) is 0 Å². The second kappa shape index (κ2) is 5.81. The van der Waals surface area contributed by atoms with Crippen molar-refractivity contribution in [1.82, 2.24) is 4.98 Å². The number of anilines is 1. The molecule has 0 N–H and O–H groups in total. The Hall–Kier alpha value is -2.74.